The van der Waals surface area contributed by atoms with E-state index in [-0.39, 0.29) is 11.6 Å². The van der Waals surface area contributed by atoms with E-state index < -0.39 is 0 Å². The monoisotopic (exact) mass is 419 g/mol. The van der Waals surface area contributed by atoms with Crippen molar-refractivity contribution in [1.82, 2.24) is 20.0 Å². The molecule has 1 N–H and O–H groups in total. The fourth-order valence-corrected chi connectivity index (χ4v) is 3.53. The van der Waals surface area contributed by atoms with E-state index in [2.05, 4.69) is 27.5 Å². The minimum absolute atomic E-state index is 0.250. The number of ether oxygens (including phenoxy) is 1. The third-order valence-corrected chi connectivity index (χ3v) is 5.06. The molecule has 1 amide bonds. The highest BCUT2D eigenvalue weighted by molar-refractivity contribution is 7.14. The van der Waals surface area contributed by atoms with Crippen molar-refractivity contribution in [2.75, 3.05) is 11.9 Å². The summed E-state index contributed by atoms with van der Waals surface area (Å²) in [5.41, 5.74) is 3.10. The number of nitrogens with zero attached hydrogens (tertiary/aromatic N) is 4. The van der Waals surface area contributed by atoms with Gasteiger partial charge in [-0.15, -0.1) is 16.4 Å². The minimum atomic E-state index is -0.335. The van der Waals surface area contributed by atoms with Crippen LogP contribution in [0.1, 0.15) is 29.4 Å². The average molecular weight is 420 g/mol. The van der Waals surface area contributed by atoms with Gasteiger partial charge in [0.1, 0.15) is 5.75 Å². The van der Waals surface area contributed by atoms with Crippen LogP contribution in [-0.2, 0) is 6.54 Å². The molecule has 0 aliphatic carbocycles. The third kappa shape index (κ3) is 4.90. The highest BCUT2D eigenvalue weighted by Crippen LogP contribution is 2.26. The van der Waals surface area contributed by atoms with Gasteiger partial charge in [-0.25, -0.2) is 9.67 Å². The second-order valence-corrected chi connectivity index (χ2v) is 7.51. The molecule has 0 radical (unpaired) electrons. The second-order valence-electron chi connectivity index (χ2n) is 6.65. The first-order chi connectivity index (χ1) is 14.7. The summed E-state index contributed by atoms with van der Waals surface area (Å²) < 4.78 is 7.24. The van der Waals surface area contributed by atoms with Crippen LogP contribution in [0.2, 0.25) is 0 Å². The van der Waals surface area contributed by atoms with Crippen molar-refractivity contribution < 1.29 is 9.53 Å². The maximum Gasteiger partial charge on any atom is 0.279 e. The van der Waals surface area contributed by atoms with Crippen molar-refractivity contribution >= 4 is 22.4 Å². The Bertz CT molecular complexity index is 1110. The molecule has 2 aromatic heterocycles. The fraction of sp³-hybridized carbons (Fsp3) is 0.182. The molecule has 4 aromatic rings. The lowest BCUT2D eigenvalue weighted by Gasteiger charge is -2.04. The van der Waals surface area contributed by atoms with E-state index in [9.17, 15) is 4.79 Å². The molecule has 0 unspecified atom stereocenters. The van der Waals surface area contributed by atoms with Gasteiger partial charge in [0.15, 0.2) is 10.8 Å². The van der Waals surface area contributed by atoms with Crippen LogP contribution in [-0.4, -0.2) is 32.5 Å². The van der Waals surface area contributed by atoms with Gasteiger partial charge in [-0.2, -0.15) is 0 Å². The quantitative estimate of drug-likeness (QED) is 0.455. The topological polar surface area (TPSA) is 81.9 Å². The Kier molecular flexibility index (Phi) is 6.14. The number of hydrogen-bond acceptors (Lipinski definition) is 6. The van der Waals surface area contributed by atoms with E-state index in [1.165, 1.54) is 11.3 Å². The van der Waals surface area contributed by atoms with Crippen molar-refractivity contribution in [2.24, 2.45) is 0 Å². The van der Waals surface area contributed by atoms with E-state index in [0.717, 1.165) is 29.0 Å². The first kappa shape index (κ1) is 19.8. The number of nitrogens with one attached hydrogen (secondary N) is 1. The Hall–Kier alpha value is -3.52. The van der Waals surface area contributed by atoms with Crippen LogP contribution < -0.4 is 10.1 Å². The third-order valence-electron chi connectivity index (χ3n) is 4.31. The standard InChI is InChI=1S/C22H21N5O2S/c1-2-12-29-18-10-8-17(9-11-18)20-15-30-22(23-20)24-21(28)19-14-27(26-25-19)13-16-6-4-3-5-7-16/h3-11,14-15H,2,12-13H2,1H3,(H,23,24,28). The lowest BCUT2D eigenvalue weighted by molar-refractivity contribution is 0.102. The van der Waals surface area contributed by atoms with Crippen LogP contribution in [0.5, 0.6) is 5.75 Å². The number of carbonyl (C=O) groups is 1. The molecule has 2 aromatic carbocycles. The number of aromatic nitrogens is 4. The number of anilines is 1. The van der Waals surface area contributed by atoms with Crippen molar-refractivity contribution in [1.29, 1.82) is 0 Å². The Balaban J connectivity index is 1.38. The summed E-state index contributed by atoms with van der Waals surface area (Å²) in [5, 5.41) is 13.2. The second kappa shape index (κ2) is 9.32. The normalized spacial score (nSPS) is 10.7. The summed E-state index contributed by atoms with van der Waals surface area (Å²) in [7, 11) is 0. The van der Waals surface area contributed by atoms with Gasteiger partial charge in [-0.1, -0.05) is 42.5 Å². The predicted molar refractivity (Wildman–Crippen MR) is 117 cm³/mol. The first-order valence-electron chi connectivity index (χ1n) is 9.65. The average Bonchev–Trinajstić information content (AvgIpc) is 3.43. The van der Waals surface area contributed by atoms with Crippen molar-refractivity contribution in [3.63, 3.8) is 0 Å². The van der Waals surface area contributed by atoms with Gasteiger partial charge in [0.2, 0.25) is 0 Å². The summed E-state index contributed by atoms with van der Waals surface area (Å²) in [4.78, 5) is 17.0. The summed E-state index contributed by atoms with van der Waals surface area (Å²) in [5.74, 6) is 0.501. The van der Waals surface area contributed by atoms with E-state index >= 15 is 0 Å². The summed E-state index contributed by atoms with van der Waals surface area (Å²) >= 11 is 1.37. The molecule has 7 nitrogen and oxygen atoms in total. The smallest absolute Gasteiger partial charge is 0.279 e. The van der Waals surface area contributed by atoms with Crippen molar-refractivity contribution in [3.05, 3.63) is 77.4 Å². The van der Waals surface area contributed by atoms with Gasteiger partial charge in [0.05, 0.1) is 25.0 Å². The van der Waals surface area contributed by atoms with Crippen LogP contribution in [0.15, 0.2) is 66.2 Å². The molecule has 0 bridgehead atoms. The molecule has 0 aliphatic rings. The lowest BCUT2D eigenvalue weighted by atomic mass is 10.2. The van der Waals surface area contributed by atoms with Crippen molar-refractivity contribution in [2.45, 2.75) is 19.9 Å². The molecule has 0 saturated carbocycles. The van der Waals surface area contributed by atoms with Gasteiger partial charge in [-0.05, 0) is 36.2 Å². The number of hydrogen-bond donors (Lipinski definition) is 1. The SMILES string of the molecule is CCCOc1ccc(-c2csc(NC(=O)c3cn(Cc4ccccc4)nn3)n2)cc1. The summed E-state index contributed by atoms with van der Waals surface area (Å²) in [6, 6.07) is 17.7. The molecule has 8 heteroatoms. The molecular weight excluding hydrogens is 398 g/mol. The van der Waals surface area contributed by atoms with Crippen LogP contribution >= 0.6 is 11.3 Å². The maximum absolute atomic E-state index is 12.5. The van der Waals surface area contributed by atoms with Crippen LogP contribution in [0.3, 0.4) is 0 Å². The summed E-state index contributed by atoms with van der Waals surface area (Å²) in [6.07, 6.45) is 2.60. The zero-order valence-corrected chi connectivity index (χ0v) is 17.3. The molecule has 0 atom stereocenters. The predicted octanol–water partition coefficient (Wildman–Crippen LogP) is 4.49. The molecule has 30 heavy (non-hydrogen) atoms. The molecule has 0 saturated heterocycles. The molecule has 0 aliphatic heterocycles. The van der Waals surface area contributed by atoms with Gasteiger partial charge < -0.3 is 4.74 Å². The number of amides is 1. The van der Waals surface area contributed by atoms with Gasteiger partial charge in [-0.3, -0.25) is 10.1 Å². The number of carbonyl (C=O) groups excluding carboxylic acids is 1. The van der Waals surface area contributed by atoms with Gasteiger partial charge >= 0.3 is 0 Å². The maximum atomic E-state index is 12.5. The molecule has 152 valence electrons. The fourth-order valence-electron chi connectivity index (χ4n) is 2.82. The molecule has 0 spiro atoms. The molecule has 2 heterocycles. The van der Waals surface area contributed by atoms with Gasteiger partial charge in [0.25, 0.3) is 5.91 Å². The Labute approximate surface area is 178 Å². The van der Waals surface area contributed by atoms with Gasteiger partial charge in [0, 0.05) is 10.9 Å². The molecular formula is C22H21N5O2S. The largest absolute Gasteiger partial charge is 0.494 e. The van der Waals surface area contributed by atoms with Crippen LogP contribution in [0, 0.1) is 0 Å². The van der Waals surface area contributed by atoms with Crippen LogP contribution in [0.25, 0.3) is 11.3 Å². The minimum Gasteiger partial charge on any atom is -0.494 e. The first-order valence-corrected chi connectivity index (χ1v) is 10.5. The van der Waals surface area contributed by atoms with Crippen molar-refractivity contribution in [3.8, 4) is 17.0 Å². The molecule has 4 rings (SSSR count). The Morgan fingerprint density at radius 1 is 1.13 bits per heavy atom. The highest BCUT2D eigenvalue weighted by atomic mass is 32.1. The highest BCUT2D eigenvalue weighted by Gasteiger charge is 2.14. The lowest BCUT2D eigenvalue weighted by Crippen LogP contribution is -2.12. The Morgan fingerprint density at radius 2 is 1.93 bits per heavy atom. The number of benzene rings is 2. The number of thiazole rings is 1. The zero-order valence-electron chi connectivity index (χ0n) is 16.5. The van der Waals surface area contributed by atoms with E-state index in [1.807, 2.05) is 60.0 Å². The Morgan fingerprint density at radius 3 is 2.70 bits per heavy atom. The van der Waals surface area contributed by atoms with E-state index in [1.54, 1.807) is 10.9 Å². The number of rotatable bonds is 8. The van der Waals surface area contributed by atoms with E-state index in [0.29, 0.717) is 18.3 Å². The molecule has 0 fully saturated rings. The van der Waals surface area contributed by atoms with Crippen LogP contribution in [0.4, 0.5) is 5.13 Å². The zero-order chi connectivity index (χ0) is 20.8. The van der Waals surface area contributed by atoms with E-state index in [4.69, 9.17) is 4.74 Å². The summed E-state index contributed by atoms with van der Waals surface area (Å²) in [6.45, 7) is 3.33.